The molecule has 1 aromatic heterocycles. The van der Waals surface area contributed by atoms with Crippen LogP contribution in [0.4, 0.5) is 0 Å². The van der Waals surface area contributed by atoms with E-state index in [0.717, 1.165) is 5.69 Å². The van der Waals surface area contributed by atoms with Gasteiger partial charge in [-0.25, -0.2) is 0 Å². The number of alkyl halides is 1. The Labute approximate surface area is 90.5 Å². The summed E-state index contributed by atoms with van der Waals surface area (Å²) >= 11 is 5.78. The SMILES string of the molecule is ClCc1cccc(C2CCCCC2)n1. The summed E-state index contributed by atoms with van der Waals surface area (Å²) < 4.78 is 0. The Hall–Kier alpha value is -0.560. The number of hydrogen-bond donors (Lipinski definition) is 0. The number of rotatable bonds is 2. The van der Waals surface area contributed by atoms with Crippen LogP contribution in [0.3, 0.4) is 0 Å². The molecule has 14 heavy (non-hydrogen) atoms. The molecule has 1 saturated carbocycles. The van der Waals surface area contributed by atoms with Crippen LogP contribution in [0.1, 0.15) is 49.4 Å². The Bertz CT molecular complexity index is 292. The number of hydrogen-bond acceptors (Lipinski definition) is 1. The topological polar surface area (TPSA) is 12.9 Å². The van der Waals surface area contributed by atoms with Crippen molar-refractivity contribution in [2.24, 2.45) is 0 Å². The van der Waals surface area contributed by atoms with Gasteiger partial charge in [-0.05, 0) is 25.0 Å². The van der Waals surface area contributed by atoms with Crippen LogP contribution in [-0.2, 0) is 5.88 Å². The summed E-state index contributed by atoms with van der Waals surface area (Å²) in [7, 11) is 0. The first-order valence-electron chi connectivity index (χ1n) is 5.42. The molecule has 1 aliphatic rings. The van der Waals surface area contributed by atoms with E-state index in [4.69, 9.17) is 11.6 Å². The molecule has 76 valence electrons. The molecular formula is C12H16ClN. The lowest BCUT2D eigenvalue weighted by molar-refractivity contribution is 0.436. The lowest BCUT2D eigenvalue weighted by Gasteiger charge is -2.21. The zero-order valence-corrected chi connectivity index (χ0v) is 9.13. The zero-order valence-electron chi connectivity index (χ0n) is 8.38. The van der Waals surface area contributed by atoms with Gasteiger partial charge in [0, 0.05) is 11.6 Å². The van der Waals surface area contributed by atoms with Crippen molar-refractivity contribution in [3.63, 3.8) is 0 Å². The highest BCUT2D eigenvalue weighted by Crippen LogP contribution is 2.31. The predicted octanol–water partition coefficient (Wildman–Crippen LogP) is 3.87. The third kappa shape index (κ3) is 2.27. The van der Waals surface area contributed by atoms with E-state index in [1.165, 1.54) is 37.8 Å². The molecule has 0 amide bonds. The van der Waals surface area contributed by atoms with Crippen molar-refractivity contribution in [2.45, 2.75) is 43.9 Å². The molecule has 0 radical (unpaired) electrons. The Balaban J connectivity index is 2.13. The van der Waals surface area contributed by atoms with Gasteiger partial charge in [0.05, 0.1) is 11.6 Å². The molecule has 2 rings (SSSR count). The van der Waals surface area contributed by atoms with Gasteiger partial charge in [-0.1, -0.05) is 25.3 Å². The van der Waals surface area contributed by atoms with Crippen molar-refractivity contribution in [1.29, 1.82) is 0 Å². The van der Waals surface area contributed by atoms with Crippen molar-refractivity contribution in [3.8, 4) is 0 Å². The average Bonchev–Trinajstić information content (AvgIpc) is 2.30. The summed E-state index contributed by atoms with van der Waals surface area (Å²) in [5.41, 5.74) is 2.26. The van der Waals surface area contributed by atoms with Gasteiger partial charge in [0.2, 0.25) is 0 Å². The first kappa shape index (κ1) is 9.97. The van der Waals surface area contributed by atoms with Crippen LogP contribution in [0.25, 0.3) is 0 Å². The van der Waals surface area contributed by atoms with Crippen molar-refractivity contribution >= 4 is 11.6 Å². The van der Waals surface area contributed by atoms with E-state index in [9.17, 15) is 0 Å². The summed E-state index contributed by atoms with van der Waals surface area (Å²) in [5, 5.41) is 0. The molecule has 1 aliphatic carbocycles. The van der Waals surface area contributed by atoms with Gasteiger partial charge >= 0.3 is 0 Å². The van der Waals surface area contributed by atoms with Gasteiger partial charge in [0.15, 0.2) is 0 Å². The molecule has 0 N–H and O–H groups in total. The molecule has 0 unspecified atom stereocenters. The Morgan fingerprint density at radius 3 is 2.71 bits per heavy atom. The Kier molecular flexibility index (Phi) is 3.41. The Morgan fingerprint density at radius 2 is 2.00 bits per heavy atom. The minimum atomic E-state index is 0.528. The maximum Gasteiger partial charge on any atom is 0.0647 e. The van der Waals surface area contributed by atoms with Gasteiger partial charge in [-0.3, -0.25) is 4.98 Å². The monoisotopic (exact) mass is 209 g/mol. The highest BCUT2D eigenvalue weighted by Gasteiger charge is 2.16. The lowest BCUT2D eigenvalue weighted by Crippen LogP contribution is -2.07. The van der Waals surface area contributed by atoms with Crippen LogP contribution < -0.4 is 0 Å². The number of nitrogens with zero attached hydrogens (tertiary/aromatic N) is 1. The van der Waals surface area contributed by atoms with Crippen molar-refractivity contribution < 1.29 is 0 Å². The standard InChI is InChI=1S/C12H16ClN/c13-9-11-7-4-8-12(14-11)10-5-2-1-3-6-10/h4,7-8,10H,1-3,5-6,9H2. The average molecular weight is 210 g/mol. The van der Waals surface area contributed by atoms with Crippen LogP contribution in [0.5, 0.6) is 0 Å². The van der Waals surface area contributed by atoms with Gasteiger partial charge < -0.3 is 0 Å². The van der Waals surface area contributed by atoms with Gasteiger partial charge in [0.25, 0.3) is 0 Å². The molecule has 0 bridgehead atoms. The fraction of sp³-hybridized carbons (Fsp3) is 0.583. The maximum atomic E-state index is 5.78. The van der Waals surface area contributed by atoms with Crippen LogP contribution in [0.15, 0.2) is 18.2 Å². The summed E-state index contributed by atoms with van der Waals surface area (Å²) in [6.45, 7) is 0. The predicted molar refractivity (Wildman–Crippen MR) is 59.6 cm³/mol. The Morgan fingerprint density at radius 1 is 1.21 bits per heavy atom. The van der Waals surface area contributed by atoms with Crippen molar-refractivity contribution in [1.82, 2.24) is 4.98 Å². The van der Waals surface area contributed by atoms with Crippen molar-refractivity contribution in [2.75, 3.05) is 0 Å². The third-order valence-corrected chi connectivity index (χ3v) is 3.26. The third-order valence-electron chi connectivity index (χ3n) is 2.99. The minimum absolute atomic E-state index is 0.528. The highest BCUT2D eigenvalue weighted by molar-refractivity contribution is 6.16. The number of aromatic nitrogens is 1. The fourth-order valence-corrected chi connectivity index (χ4v) is 2.35. The second kappa shape index (κ2) is 4.79. The molecule has 2 heteroatoms. The van der Waals surface area contributed by atoms with Gasteiger partial charge in [-0.2, -0.15) is 0 Å². The number of halogens is 1. The molecule has 1 nitrogen and oxygen atoms in total. The summed E-state index contributed by atoms with van der Waals surface area (Å²) in [6, 6.07) is 6.22. The van der Waals surface area contributed by atoms with E-state index in [1.807, 2.05) is 6.07 Å². The molecule has 0 spiro atoms. The van der Waals surface area contributed by atoms with Crippen LogP contribution in [-0.4, -0.2) is 4.98 Å². The van der Waals surface area contributed by atoms with E-state index in [0.29, 0.717) is 11.8 Å². The molecule has 1 aromatic rings. The van der Waals surface area contributed by atoms with E-state index < -0.39 is 0 Å². The normalized spacial score (nSPS) is 18.4. The largest absolute Gasteiger partial charge is 0.256 e. The summed E-state index contributed by atoms with van der Waals surface area (Å²) in [6.07, 6.45) is 6.72. The van der Waals surface area contributed by atoms with Gasteiger partial charge in [-0.15, -0.1) is 11.6 Å². The molecule has 1 fully saturated rings. The quantitative estimate of drug-likeness (QED) is 0.674. The maximum absolute atomic E-state index is 5.78. The minimum Gasteiger partial charge on any atom is -0.256 e. The van der Waals surface area contributed by atoms with E-state index in [2.05, 4.69) is 17.1 Å². The van der Waals surface area contributed by atoms with Crippen molar-refractivity contribution in [3.05, 3.63) is 29.6 Å². The second-order valence-corrected chi connectivity index (χ2v) is 4.29. The molecular weight excluding hydrogens is 194 g/mol. The summed E-state index contributed by atoms with van der Waals surface area (Å²) in [4.78, 5) is 4.58. The molecule has 0 saturated heterocycles. The lowest BCUT2D eigenvalue weighted by atomic mass is 9.86. The molecule has 0 aliphatic heterocycles. The van der Waals surface area contributed by atoms with E-state index >= 15 is 0 Å². The van der Waals surface area contributed by atoms with Crippen LogP contribution >= 0.6 is 11.6 Å². The zero-order chi connectivity index (χ0) is 9.80. The summed E-state index contributed by atoms with van der Waals surface area (Å²) in [5.74, 6) is 1.22. The molecule has 0 atom stereocenters. The fourth-order valence-electron chi connectivity index (χ4n) is 2.20. The van der Waals surface area contributed by atoms with Gasteiger partial charge in [0.1, 0.15) is 0 Å². The highest BCUT2D eigenvalue weighted by atomic mass is 35.5. The first-order valence-corrected chi connectivity index (χ1v) is 5.95. The first-order chi connectivity index (χ1) is 6.90. The molecule has 1 heterocycles. The molecule has 0 aromatic carbocycles. The van der Waals surface area contributed by atoms with E-state index in [-0.39, 0.29) is 0 Å². The second-order valence-electron chi connectivity index (χ2n) is 4.02. The van der Waals surface area contributed by atoms with Crippen LogP contribution in [0.2, 0.25) is 0 Å². The number of pyridine rings is 1. The smallest absolute Gasteiger partial charge is 0.0647 e. The van der Waals surface area contributed by atoms with Crippen LogP contribution in [0, 0.1) is 0 Å². The van der Waals surface area contributed by atoms with E-state index in [1.54, 1.807) is 0 Å².